The fourth-order valence-electron chi connectivity index (χ4n) is 1.66. The zero-order valence-corrected chi connectivity index (χ0v) is 15.3. The molecule has 0 radical (unpaired) electrons. The topological polar surface area (TPSA) is 125 Å². The van der Waals surface area contributed by atoms with Gasteiger partial charge in [0, 0.05) is 0 Å². The van der Waals surface area contributed by atoms with Gasteiger partial charge in [-0.2, -0.15) is 0 Å². The molecule has 1 rings (SSSR count). The van der Waals surface area contributed by atoms with Crippen LogP contribution in [0.2, 0.25) is 5.21 Å². The summed E-state index contributed by atoms with van der Waals surface area (Å²) < 4.78 is 5.70. The molecule has 0 aliphatic carbocycles. The third-order valence-electron chi connectivity index (χ3n) is 2.59. The van der Waals surface area contributed by atoms with E-state index in [9.17, 15) is 19.7 Å². The second-order valence-corrected chi connectivity index (χ2v) is 8.63. The minimum atomic E-state index is -0.837. The monoisotopic (exact) mass is 385 g/mol. The number of ether oxygens (including phenoxy) is 1. The van der Waals surface area contributed by atoms with E-state index in [2.05, 4.69) is 5.32 Å². The number of carbonyl (C=O) groups is 2. The number of nitrogens with two attached hydrogens (primary N) is 1. The molecule has 3 N–H and O–H groups in total. The Bertz CT molecular complexity index is 613. The van der Waals surface area contributed by atoms with Crippen LogP contribution in [0, 0.1) is 10.1 Å². The fourth-order valence-corrected chi connectivity index (χ4v) is 3.90. The summed E-state index contributed by atoms with van der Waals surface area (Å²) in [5.41, 5.74) is 4.57. The summed E-state index contributed by atoms with van der Waals surface area (Å²) in [4.78, 5) is 33.1. The van der Waals surface area contributed by atoms with Gasteiger partial charge in [-0.05, 0) is 0 Å². The molecule has 0 aliphatic rings. The van der Waals surface area contributed by atoms with Crippen LogP contribution in [0.1, 0.15) is 31.1 Å². The molecule has 126 valence electrons. The van der Waals surface area contributed by atoms with E-state index in [0.29, 0.717) is 16.1 Å². The number of nitrogens with one attached hydrogen (secondary N) is 1. The Morgan fingerprint density at radius 2 is 2.04 bits per heavy atom. The van der Waals surface area contributed by atoms with Crippen molar-refractivity contribution in [1.82, 2.24) is 5.32 Å². The number of primary amides is 1. The summed E-state index contributed by atoms with van der Waals surface area (Å²) >= 11 is -0.837. The number of nitro groups is 1. The van der Waals surface area contributed by atoms with Crippen molar-refractivity contribution in [3.05, 3.63) is 33.9 Å². The molecule has 0 aromatic heterocycles. The van der Waals surface area contributed by atoms with Crippen LogP contribution in [0.5, 0.6) is 0 Å². The van der Waals surface area contributed by atoms with Gasteiger partial charge in [0.25, 0.3) is 0 Å². The fraction of sp³-hybridized carbons (Fsp3) is 0.429. The van der Waals surface area contributed by atoms with Gasteiger partial charge >= 0.3 is 140 Å². The van der Waals surface area contributed by atoms with E-state index in [0.717, 1.165) is 0 Å². The quantitative estimate of drug-likeness (QED) is 0.323. The average Bonchev–Trinajstić information content (AvgIpc) is 2.41. The van der Waals surface area contributed by atoms with Gasteiger partial charge < -0.3 is 0 Å². The first-order valence-corrected chi connectivity index (χ1v) is 9.42. The molecule has 1 aromatic rings. The summed E-state index contributed by atoms with van der Waals surface area (Å²) in [7, 11) is 0. The second-order valence-electron chi connectivity index (χ2n) is 5.71. The van der Waals surface area contributed by atoms with Crippen molar-refractivity contribution in [1.29, 1.82) is 0 Å². The van der Waals surface area contributed by atoms with Crippen LogP contribution in [-0.4, -0.2) is 44.8 Å². The molecule has 23 heavy (non-hydrogen) atoms. The molecule has 0 aliphatic heterocycles. The first-order valence-electron chi connectivity index (χ1n) is 6.89. The Morgan fingerprint density at radius 3 is 2.57 bits per heavy atom. The molecule has 9 heteroatoms. The average molecular weight is 385 g/mol. The third-order valence-corrected chi connectivity index (χ3v) is 5.32. The molecular formula is C14H20AsN3O5. The van der Waals surface area contributed by atoms with Crippen LogP contribution in [0.25, 0.3) is 0 Å². The molecule has 0 bridgehead atoms. The number of nitro benzene ring substituents is 1. The first-order chi connectivity index (χ1) is 10.6. The van der Waals surface area contributed by atoms with Crippen molar-refractivity contribution >= 4 is 37.8 Å². The number of rotatable bonds is 6. The van der Waals surface area contributed by atoms with Crippen LogP contribution < -0.4 is 15.4 Å². The van der Waals surface area contributed by atoms with Gasteiger partial charge in [0.05, 0.1) is 0 Å². The zero-order valence-electron chi connectivity index (χ0n) is 13.2. The maximum absolute atomic E-state index is 11.5. The normalized spacial score (nSPS) is 11.4. The van der Waals surface area contributed by atoms with Crippen molar-refractivity contribution in [2.24, 2.45) is 5.73 Å². The predicted molar refractivity (Wildman–Crippen MR) is 87.4 cm³/mol. The van der Waals surface area contributed by atoms with Crippen molar-refractivity contribution in [3.8, 4) is 0 Å². The molecule has 2 amide bonds. The molecule has 8 nitrogen and oxygen atoms in total. The summed E-state index contributed by atoms with van der Waals surface area (Å²) in [5, 5.41) is 14.3. The van der Waals surface area contributed by atoms with Crippen LogP contribution in [-0.2, 0) is 4.74 Å². The number of hydrogen-bond acceptors (Lipinski definition) is 5. The number of carbonyl (C=O) groups excluding carboxylic acids is 2. The Hall–Kier alpha value is -2.08. The summed E-state index contributed by atoms with van der Waals surface area (Å²) in [6.45, 7) is 5.68. The van der Waals surface area contributed by atoms with Gasteiger partial charge in [-0.3, -0.25) is 0 Å². The zero-order chi connectivity index (χ0) is 17.6. The first kappa shape index (κ1) is 19.0. The minimum absolute atomic E-state index is 0.0985. The molecule has 0 fully saturated rings. The van der Waals surface area contributed by atoms with Crippen molar-refractivity contribution in [2.75, 3.05) is 6.54 Å². The van der Waals surface area contributed by atoms with E-state index in [4.69, 9.17) is 10.5 Å². The molecule has 1 atom stereocenters. The van der Waals surface area contributed by atoms with Crippen molar-refractivity contribution < 1.29 is 19.2 Å². The van der Waals surface area contributed by atoms with Crippen LogP contribution >= 0.6 is 0 Å². The number of amides is 2. The predicted octanol–water partition coefficient (Wildman–Crippen LogP) is 0.698. The van der Waals surface area contributed by atoms with E-state index in [-0.39, 0.29) is 11.3 Å². The molecule has 0 spiro atoms. The number of hydrogen-bond donors (Lipinski definition) is 2. The molecular weight excluding hydrogens is 365 g/mol. The Labute approximate surface area is 140 Å². The molecule has 0 heterocycles. The van der Waals surface area contributed by atoms with Crippen LogP contribution in [0.3, 0.4) is 0 Å². The molecule has 0 saturated carbocycles. The van der Waals surface area contributed by atoms with Gasteiger partial charge in [0.1, 0.15) is 0 Å². The Kier molecular flexibility index (Phi) is 6.57. The van der Waals surface area contributed by atoms with Gasteiger partial charge in [-0.15, -0.1) is 0 Å². The summed E-state index contributed by atoms with van der Waals surface area (Å²) in [6.07, 6.45) is -0.511. The summed E-state index contributed by atoms with van der Waals surface area (Å²) in [5.74, 6) is -0.703. The molecule has 1 unspecified atom stereocenters. The van der Waals surface area contributed by atoms with E-state index >= 15 is 0 Å². The third kappa shape index (κ3) is 6.69. The van der Waals surface area contributed by atoms with Crippen LogP contribution in [0.4, 0.5) is 10.5 Å². The van der Waals surface area contributed by atoms with E-state index < -0.39 is 38.3 Å². The molecule has 1 aromatic carbocycles. The van der Waals surface area contributed by atoms with Crippen LogP contribution in [0.15, 0.2) is 18.2 Å². The van der Waals surface area contributed by atoms with Crippen molar-refractivity contribution in [3.63, 3.8) is 0 Å². The number of nitrogens with zero attached hydrogens (tertiary/aromatic N) is 1. The van der Waals surface area contributed by atoms with E-state index in [1.165, 1.54) is 12.1 Å². The molecule has 0 saturated heterocycles. The van der Waals surface area contributed by atoms with Gasteiger partial charge in [-0.1, -0.05) is 0 Å². The standard InChI is InChI=1S/C14H20AsN3O5/c1-14(2,3)23-13(20)17-7-6-15-10-5-4-9(12(16)19)8-11(10)18(21)22/h4-5,8,15H,6-7H2,1-3H3,(H2,16,19)(H,17,20). The van der Waals surface area contributed by atoms with Gasteiger partial charge in [0.2, 0.25) is 0 Å². The SMILES string of the molecule is CC(C)(C)OC(=O)NCC[AsH]c1ccc(C(N)=O)cc1[N+](=O)[O-]. The second kappa shape index (κ2) is 7.96. The van der Waals surface area contributed by atoms with E-state index in [1.54, 1.807) is 26.8 Å². The maximum atomic E-state index is 11.5. The van der Waals surface area contributed by atoms with Crippen molar-refractivity contribution in [2.45, 2.75) is 31.6 Å². The van der Waals surface area contributed by atoms with E-state index in [1.807, 2.05) is 0 Å². The Balaban J connectivity index is 2.60. The number of alkyl carbamates (subject to hydrolysis) is 1. The van der Waals surface area contributed by atoms with Gasteiger partial charge in [0.15, 0.2) is 0 Å². The Morgan fingerprint density at radius 1 is 1.39 bits per heavy atom. The van der Waals surface area contributed by atoms with Gasteiger partial charge in [-0.25, -0.2) is 0 Å². The number of benzene rings is 1. The summed E-state index contributed by atoms with van der Waals surface area (Å²) in [6, 6.07) is 4.24.